The average Bonchev–Trinajstić information content (AvgIpc) is 2.74. The van der Waals surface area contributed by atoms with Crippen molar-refractivity contribution < 1.29 is 9.53 Å². The molecule has 1 amide bonds. The number of carbonyl (C=O) groups excluding carboxylic acids is 1. The molecule has 1 aromatic carbocycles. The van der Waals surface area contributed by atoms with E-state index in [0.717, 1.165) is 25.9 Å². The lowest BCUT2D eigenvalue weighted by molar-refractivity contribution is -0.119. The first-order valence-electron chi connectivity index (χ1n) is 10.3. The molecule has 0 radical (unpaired) electrons. The molecule has 3 heterocycles. The van der Waals surface area contributed by atoms with Crippen LogP contribution >= 0.6 is 0 Å². The number of anilines is 2. The molecule has 0 spiro atoms. The van der Waals surface area contributed by atoms with Gasteiger partial charge in [-0.2, -0.15) is 10.2 Å². The van der Waals surface area contributed by atoms with Crippen LogP contribution in [0.15, 0.2) is 29.1 Å². The van der Waals surface area contributed by atoms with Crippen molar-refractivity contribution in [2.45, 2.75) is 32.6 Å². The predicted molar refractivity (Wildman–Crippen MR) is 113 cm³/mol. The summed E-state index contributed by atoms with van der Waals surface area (Å²) in [5, 5.41) is 12.3. The molecule has 0 aliphatic carbocycles. The molecule has 0 bridgehead atoms. The third-order valence-electron chi connectivity index (χ3n) is 5.88. The highest BCUT2D eigenvalue weighted by Gasteiger charge is 2.40. The Kier molecular flexibility index (Phi) is 5.44. The van der Waals surface area contributed by atoms with E-state index in [9.17, 15) is 14.9 Å². The monoisotopic (exact) mass is 407 g/mol. The Morgan fingerprint density at radius 1 is 1.23 bits per heavy atom. The van der Waals surface area contributed by atoms with E-state index < -0.39 is 17.7 Å². The third kappa shape index (κ3) is 3.63. The number of aromatic amines is 1. The van der Waals surface area contributed by atoms with Crippen molar-refractivity contribution in [1.29, 1.82) is 5.26 Å². The van der Waals surface area contributed by atoms with Crippen molar-refractivity contribution in [3.63, 3.8) is 0 Å². The zero-order valence-corrected chi connectivity index (χ0v) is 17.1. The van der Waals surface area contributed by atoms with Crippen LogP contribution in [0.25, 0.3) is 0 Å². The predicted octanol–water partition coefficient (Wildman–Crippen LogP) is 2.63. The summed E-state index contributed by atoms with van der Waals surface area (Å²) in [5.74, 6) is -0.112. The molecule has 1 fully saturated rings. The fourth-order valence-electron chi connectivity index (χ4n) is 4.17. The molecular formula is C22H25N5O3. The summed E-state index contributed by atoms with van der Waals surface area (Å²) >= 11 is 0. The molecule has 8 nitrogen and oxygen atoms in total. The van der Waals surface area contributed by atoms with E-state index in [1.807, 2.05) is 11.8 Å². The number of rotatable bonds is 4. The van der Waals surface area contributed by atoms with Crippen molar-refractivity contribution in [1.82, 2.24) is 9.97 Å². The van der Waals surface area contributed by atoms with E-state index in [4.69, 9.17) is 4.74 Å². The van der Waals surface area contributed by atoms with Gasteiger partial charge >= 0.3 is 0 Å². The van der Waals surface area contributed by atoms with E-state index in [1.54, 1.807) is 24.3 Å². The number of H-pyrrole nitrogens is 1. The number of hydrogen-bond acceptors (Lipinski definition) is 6. The van der Waals surface area contributed by atoms with Crippen LogP contribution in [0.5, 0.6) is 5.75 Å². The van der Waals surface area contributed by atoms with Gasteiger partial charge in [-0.1, -0.05) is 19.1 Å². The number of hydrogen-bond donors (Lipinski definition) is 2. The normalized spacial score (nSPS) is 21.5. The Bertz CT molecular complexity index is 1030. The highest BCUT2D eigenvalue weighted by atomic mass is 16.5. The lowest BCUT2D eigenvalue weighted by Crippen LogP contribution is -2.40. The van der Waals surface area contributed by atoms with Gasteiger partial charge in [0, 0.05) is 19.0 Å². The van der Waals surface area contributed by atoms with Gasteiger partial charge in [-0.15, -0.1) is 0 Å². The molecule has 1 saturated heterocycles. The maximum atomic E-state index is 13.1. The maximum Gasteiger partial charge on any atom is 0.258 e. The minimum absolute atomic E-state index is 0.239. The first-order chi connectivity index (χ1) is 14.5. The molecule has 2 aliphatic heterocycles. The van der Waals surface area contributed by atoms with Crippen molar-refractivity contribution in [2.24, 2.45) is 11.8 Å². The Hall–Kier alpha value is -3.34. The molecular weight excluding hydrogens is 382 g/mol. The summed E-state index contributed by atoms with van der Waals surface area (Å²) in [4.78, 5) is 35.3. The largest absolute Gasteiger partial charge is 0.494 e. The summed E-state index contributed by atoms with van der Waals surface area (Å²) in [6, 6.07) is 9.21. The minimum atomic E-state index is -1.01. The molecule has 2 unspecified atom stereocenters. The van der Waals surface area contributed by atoms with Gasteiger partial charge in [-0.3, -0.25) is 14.6 Å². The summed E-state index contributed by atoms with van der Waals surface area (Å²) < 4.78 is 5.48. The van der Waals surface area contributed by atoms with Gasteiger partial charge in [0.25, 0.3) is 5.56 Å². The number of ether oxygens (including phenoxy) is 1. The molecule has 4 rings (SSSR count). The highest BCUT2D eigenvalue weighted by molar-refractivity contribution is 5.98. The molecule has 0 saturated carbocycles. The van der Waals surface area contributed by atoms with E-state index >= 15 is 0 Å². The summed E-state index contributed by atoms with van der Waals surface area (Å²) in [6.07, 6.45) is 2.05. The smallest absolute Gasteiger partial charge is 0.258 e. The van der Waals surface area contributed by atoms with E-state index in [-0.39, 0.29) is 11.4 Å². The van der Waals surface area contributed by atoms with Crippen LogP contribution in [0.3, 0.4) is 0 Å². The summed E-state index contributed by atoms with van der Waals surface area (Å²) in [7, 11) is 0. The van der Waals surface area contributed by atoms with E-state index in [2.05, 4.69) is 28.3 Å². The second-order valence-electron chi connectivity index (χ2n) is 7.90. The second-order valence-corrected chi connectivity index (χ2v) is 7.90. The molecule has 8 heteroatoms. The van der Waals surface area contributed by atoms with Crippen LogP contribution in [0.4, 0.5) is 11.8 Å². The zero-order chi connectivity index (χ0) is 21.3. The third-order valence-corrected chi connectivity index (χ3v) is 5.88. The first-order valence-corrected chi connectivity index (χ1v) is 10.3. The zero-order valence-electron chi connectivity index (χ0n) is 17.1. The van der Waals surface area contributed by atoms with Crippen LogP contribution in [0.1, 0.15) is 43.7 Å². The lowest BCUT2D eigenvalue weighted by Gasteiger charge is -2.33. The maximum absolute atomic E-state index is 13.1. The summed E-state index contributed by atoms with van der Waals surface area (Å²) in [5.41, 5.74) is 0.695. The number of nitriles is 1. The Morgan fingerprint density at radius 2 is 1.93 bits per heavy atom. The van der Waals surface area contributed by atoms with Gasteiger partial charge < -0.3 is 15.0 Å². The van der Waals surface area contributed by atoms with Crippen molar-refractivity contribution in [3.05, 3.63) is 45.7 Å². The van der Waals surface area contributed by atoms with Gasteiger partial charge in [0.05, 0.1) is 18.2 Å². The SMILES string of the molecule is CCOc1ccc(C2c3c(nc(N4CCC(C)CC4)[nH]c3=O)NC(=O)C2C#N)cc1. The van der Waals surface area contributed by atoms with Crippen LogP contribution in [-0.2, 0) is 4.79 Å². The van der Waals surface area contributed by atoms with Crippen LogP contribution in [0.2, 0.25) is 0 Å². The standard InChI is InChI=1S/C22H25N5O3/c1-3-30-15-6-4-14(5-7-15)17-16(12-23)20(28)24-19-18(17)21(29)26-22(25-19)27-10-8-13(2)9-11-27/h4-7,13,16-17H,3,8-11H2,1-2H3,(H2,24,25,26,28,29). The molecule has 156 valence electrons. The average molecular weight is 407 g/mol. The molecule has 2 aromatic rings. The minimum Gasteiger partial charge on any atom is -0.494 e. The number of piperidine rings is 1. The quantitative estimate of drug-likeness (QED) is 0.806. The summed E-state index contributed by atoms with van der Waals surface area (Å²) in [6.45, 7) is 6.26. The number of aromatic nitrogens is 2. The van der Waals surface area contributed by atoms with E-state index in [1.165, 1.54) is 0 Å². The topological polar surface area (TPSA) is 111 Å². The fraction of sp³-hybridized carbons (Fsp3) is 0.455. The first kappa shape index (κ1) is 20.0. The number of carbonyl (C=O) groups is 1. The van der Waals surface area contributed by atoms with Gasteiger partial charge in [0.15, 0.2) is 0 Å². The Balaban J connectivity index is 1.76. The van der Waals surface area contributed by atoms with Gasteiger partial charge in [0.1, 0.15) is 17.5 Å². The Morgan fingerprint density at radius 3 is 2.57 bits per heavy atom. The van der Waals surface area contributed by atoms with Crippen LogP contribution in [0, 0.1) is 23.2 Å². The van der Waals surface area contributed by atoms with Gasteiger partial charge in [-0.05, 0) is 43.4 Å². The van der Waals surface area contributed by atoms with Crippen LogP contribution in [-0.4, -0.2) is 35.6 Å². The number of fused-ring (bicyclic) bond motifs is 1. The second kappa shape index (κ2) is 8.19. The van der Waals surface area contributed by atoms with Crippen molar-refractivity contribution in [2.75, 3.05) is 29.9 Å². The highest BCUT2D eigenvalue weighted by Crippen LogP contribution is 2.38. The number of amides is 1. The van der Waals surface area contributed by atoms with Gasteiger partial charge in [0.2, 0.25) is 11.9 Å². The van der Waals surface area contributed by atoms with Crippen molar-refractivity contribution in [3.8, 4) is 11.8 Å². The number of benzene rings is 1. The molecule has 2 atom stereocenters. The molecule has 2 N–H and O–H groups in total. The molecule has 30 heavy (non-hydrogen) atoms. The van der Waals surface area contributed by atoms with Gasteiger partial charge in [-0.25, -0.2) is 0 Å². The van der Waals surface area contributed by atoms with Crippen LogP contribution < -0.4 is 20.5 Å². The van der Waals surface area contributed by atoms with Crippen molar-refractivity contribution >= 4 is 17.7 Å². The number of nitrogens with zero attached hydrogens (tertiary/aromatic N) is 3. The molecule has 2 aliphatic rings. The lowest BCUT2D eigenvalue weighted by atomic mass is 9.79. The fourth-order valence-corrected chi connectivity index (χ4v) is 4.17. The van der Waals surface area contributed by atoms with E-state index in [0.29, 0.717) is 35.3 Å². The Labute approximate surface area is 174 Å². The molecule has 1 aromatic heterocycles. The number of nitrogens with one attached hydrogen (secondary N) is 2.